The second-order valence-corrected chi connectivity index (χ2v) is 8.67. The molecule has 10 heteroatoms. The molecule has 3 aromatic heterocycles. The predicted molar refractivity (Wildman–Crippen MR) is 104 cm³/mol. The number of hydrogen-bond acceptors (Lipinski definition) is 5. The smallest absolute Gasteiger partial charge is 0.239 e. The molecular weight excluding hydrogens is 378 g/mol. The average Bonchev–Trinajstić information content (AvgIpc) is 3.38. The first-order valence-corrected chi connectivity index (χ1v) is 10.3. The first-order chi connectivity index (χ1) is 13.5. The van der Waals surface area contributed by atoms with Crippen LogP contribution in [0.25, 0.3) is 27.1 Å². The van der Waals surface area contributed by atoms with Crippen molar-refractivity contribution in [1.29, 1.82) is 0 Å². The van der Waals surface area contributed by atoms with Gasteiger partial charge in [-0.3, -0.25) is 4.68 Å². The minimum Gasteiger partial charge on any atom is -0.346 e. The molecule has 1 aliphatic rings. The summed E-state index contributed by atoms with van der Waals surface area (Å²) in [6.07, 6.45) is 7.94. The van der Waals surface area contributed by atoms with E-state index >= 15 is 0 Å². The van der Waals surface area contributed by atoms with Crippen LogP contribution in [0.5, 0.6) is 0 Å². The van der Waals surface area contributed by atoms with Crippen LogP contribution in [0.4, 0.5) is 0 Å². The zero-order valence-electron chi connectivity index (χ0n) is 15.1. The van der Waals surface area contributed by atoms with E-state index in [1.54, 1.807) is 10.9 Å². The van der Waals surface area contributed by atoms with Crippen molar-refractivity contribution in [2.45, 2.75) is 18.4 Å². The van der Waals surface area contributed by atoms with Crippen molar-refractivity contribution < 1.29 is 8.42 Å². The summed E-state index contributed by atoms with van der Waals surface area (Å²) in [7, 11) is -3.45. The summed E-state index contributed by atoms with van der Waals surface area (Å²) in [5.74, 6) is 0. The lowest BCUT2D eigenvalue weighted by Gasteiger charge is -2.37. The molecular formula is C18H19N7O2S. The topological polar surface area (TPSA) is 101 Å². The average molecular weight is 397 g/mol. The lowest BCUT2D eigenvalue weighted by atomic mass is 9.88. The van der Waals surface area contributed by atoms with E-state index in [9.17, 15) is 8.42 Å². The SMILES string of the molecule is [C-]#[N+]CC1(n2cc(-c3ncnc4[nH]ccc34)cn2)CCN(S(=O)(=O)C=C)CC1. The third kappa shape index (κ3) is 2.98. The zero-order chi connectivity index (χ0) is 19.8. The Morgan fingerprint density at radius 3 is 2.86 bits per heavy atom. The Kier molecular flexibility index (Phi) is 4.49. The van der Waals surface area contributed by atoms with Gasteiger partial charge in [0.2, 0.25) is 16.6 Å². The maximum absolute atomic E-state index is 12.1. The summed E-state index contributed by atoms with van der Waals surface area (Å²) in [5.41, 5.74) is 1.80. The molecule has 0 amide bonds. The summed E-state index contributed by atoms with van der Waals surface area (Å²) in [5, 5.41) is 6.39. The van der Waals surface area contributed by atoms with Crippen LogP contribution in [-0.4, -0.2) is 57.1 Å². The molecule has 1 aliphatic heterocycles. The largest absolute Gasteiger partial charge is 0.346 e. The molecule has 0 atom stereocenters. The highest BCUT2D eigenvalue weighted by Gasteiger charge is 2.42. The van der Waals surface area contributed by atoms with Crippen molar-refractivity contribution in [2.24, 2.45) is 0 Å². The molecule has 0 aromatic carbocycles. The third-order valence-corrected chi connectivity index (χ3v) is 6.80. The summed E-state index contributed by atoms with van der Waals surface area (Å²) in [4.78, 5) is 15.3. The van der Waals surface area contributed by atoms with E-state index in [4.69, 9.17) is 6.57 Å². The molecule has 0 spiro atoms. The summed E-state index contributed by atoms with van der Waals surface area (Å²) < 4.78 is 27.3. The highest BCUT2D eigenvalue weighted by molar-refractivity contribution is 7.92. The number of rotatable bonds is 5. The number of piperidine rings is 1. The number of aromatic nitrogens is 5. The lowest BCUT2D eigenvalue weighted by molar-refractivity contribution is 0.161. The van der Waals surface area contributed by atoms with E-state index in [-0.39, 0.29) is 6.54 Å². The van der Waals surface area contributed by atoms with Crippen LogP contribution in [0, 0.1) is 6.57 Å². The van der Waals surface area contributed by atoms with Gasteiger partial charge < -0.3 is 9.83 Å². The molecule has 0 bridgehead atoms. The van der Waals surface area contributed by atoms with Crippen molar-refractivity contribution in [1.82, 2.24) is 29.0 Å². The van der Waals surface area contributed by atoms with Gasteiger partial charge in [-0.05, 0) is 18.9 Å². The minimum atomic E-state index is -3.45. The van der Waals surface area contributed by atoms with Gasteiger partial charge in [0.05, 0.1) is 11.9 Å². The van der Waals surface area contributed by atoms with E-state index in [0.29, 0.717) is 25.9 Å². The Labute approximate surface area is 162 Å². The van der Waals surface area contributed by atoms with Crippen molar-refractivity contribution in [3.8, 4) is 11.3 Å². The Morgan fingerprint density at radius 2 is 2.14 bits per heavy atom. The van der Waals surface area contributed by atoms with Gasteiger partial charge in [0.1, 0.15) is 17.5 Å². The maximum Gasteiger partial charge on any atom is 0.239 e. The quantitative estimate of drug-likeness (QED) is 0.664. The van der Waals surface area contributed by atoms with Crippen molar-refractivity contribution >= 4 is 21.1 Å². The second-order valence-electron chi connectivity index (χ2n) is 6.79. The number of fused-ring (bicyclic) bond motifs is 1. The Hall–Kier alpha value is -3.03. The number of nitrogens with zero attached hydrogens (tertiary/aromatic N) is 6. The van der Waals surface area contributed by atoms with E-state index in [1.807, 2.05) is 18.5 Å². The van der Waals surface area contributed by atoms with Crippen LogP contribution in [0.1, 0.15) is 12.8 Å². The molecule has 144 valence electrons. The standard InChI is InChI=1S/C18H19N7O2S/c1-3-28(26,27)24-8-5-18(6-9-24,12-19-2)25-11-14(10-23-25)16-15-4-7-20-17(15)22-13-21-16/h3-4,7,10-11,13H,1,5-6,8-9,12H2,(H,20,21,22). The van der Waals surface area contributed by atoms with Crippen molar-refractivity contribution in [3.63, 3.8) is 0 Å². The van der Waals surface area contributed by atoms with Gasteiger partial charge in [0.25, 0.3) is 0 Å². The van der Waals surface area contributed by atoms with Gasteiger partial charge in [-0.25, -0.2) is 25.0 Å². The second kappa shape index (κ2) is 6.85. The lowest BCUT2D eigenvalue weighted by Crippen LogP contribution is -2.49. The molecule has 4 heterocycles. The highest BCUT2D eigenvalue weighted by atomic mass is 32.2. The number of aromatic amines is 1. The first-order valence-electron chi connectivity index (χ1n) is 8.78. The molecule has 1 saturated heterocycles. The summed E-state index contributed by atoms with van der Waals surface area (Å²) >= 11 is 0. The monoisotopic (exact) mass is 397 g/mol. The van der Waals surface area contributed by atoms with Crippen LogP contribution in [0.15, 0.2) is 43.0 Å². The van der Waals surface area contributed by atoms with E-state index in [1.165, 1.54) is 10.6 Å². The minimum absolute atomic E-state index is 0.236. The van der Waals surface area contributed by atoms with Crippen LogP contribution in [0.2, 0.25) is 0 Å². The zero-order valence-corrected chi connectivity index (χ0v) is 15.9. The molecule has 0 unspecified atom stereocenters. The van der Waals surface area contributed by atoms with Gasteiger partial charge >= 0.3 is 0 Å². The fraction of sp³-hybridized carbons (Fsp3) is 0.333. The molecule has 9 nitrogen and oxygen atoms in total. The third-order valence-electron chi connectivity index (χ3n) is 5.29. The van der Waals surface area contributed by atoms with Crippen LogP contribution in [-0.2, 0) is 15.6 Å². The summed E-state index contributed by atoms with van der Waals surface area (Å²) in [6.45, 7) is 11.7. The number of nitrogens with one attached hydrogen (secondary N) is 1. The molecule has 1 N–H and O–H groups in total. The highest BCUT2D eigenvalue weighted by Crippen LogP contribution is 2.33. The Bertz CT molecular complexity index is 1160. The Balaban J connectivity index is 1.67. The number of hydrogen-bond donors (Lipinski definition) is 1. The first kappa shape index (κ1) is 18.3. The van der Waals surface area contributed by atoms with Crippen LogP contribution < -0.4 is 0 Å². The van der Waals surface area contributed by atoms with E-state index in [2.05, 4.69) is 31.5 Å². The van der Waals surface area contributed by atoms with Crippen molar-refractivity contribution in [2.75, 3.05) is 19.6 Å². The van der Waals surface area contributed by atoms with Crippen LogP contribution >= 0.6 is 0 Å². The van der Waals surface area contributed by atoms with E-state index in [0.717, 1.165) is 27.7 Å². The van der Waals surface area contributed by atoms with Crippen LogP contribution in [0.3, 0.4) is 0 Å². The normalized spacial score (nSPS) is 17.4. The number of H-pyrrole nitrogens is 1. The predicted octanol–water partition coefficient (Wildman–Crippen LogP) is 2.01. The fourth-order valence-electron chi connectivity index (χ4n) is 3.68. The van der Waals surface area contributed by atoms with Gasteiger partial charge in [-0.1, -0.05) is 6.58 Å². The van der Waals surface area contributed by atoms with Crippen molar-refractivity contribution in [3.05, 3.63) is 54.4 Å². The molecule has 1 fully saturated rings. The van der Waals surface area contributed by atoms with Gasteiger partial charge in [-0.15, -0.1) is 0 Å². The molecule has 0 radical (unpaired) electrons. The summed E-state index contributed by atoms with van der Waals surface area (Å²) in [6, 6.07) is 1.91. The molecule has 28 heavy (non-hydrogen) atoms. The molecule has 0 saturated carbocycles. The van der Waals surface area contributed by atoms with E-state index < -0.39 is 15.6 Å². The maximum atomic E-state index is 12.1. The number of sulfonamides is 1. The van der Waals surface area contributed by atoms with Gasteiger partial charge in [-0.2, -0.15) is 9.40 Å². The fourth-order valence-corrected chi connectivity index (χ4v) is 4.58. The molecule has 0 aliphatic carbocycles. The molecule has 4 rings (SSSR count). The van der Waals surface area contributed by atoms with Gasteiger partial charge in [0, 0.05) is 41.8 Å². The Morgan fingerprint density at radius 1 is 1.36 bits per heavy atom. The molecule has 3 aromatic rings. The van der Waals surface area contributed by atoms with Gasteiger partial charge in [0.15, 0.2) is 0 Å².